The number of nitrogens with one attached hydrogen (secondary N) is 1. The minimum Gasteiger partial charge on any atom is -0.309 e. The molecule has 21 heavy (non-hydrogen) atoms. The summed E-state index contributed by atoms with van der Waals surface area (Å²) in [6, 6.07) is 5.15. The van der Waals surface area contributed by atoms with Gasteiger partial charge < -0.3 is 5.32 Å². The summed E-state index contributed by atoms with van der Waals surface area (Å²) in [6.45, 7) is 5.85. The van der Waals surface area contributed by atoms with Gasteiger partial charge in [-0.25, -0.2) is 0 Å². The Labute approximate surface area is 135 Å². The van der Waals surface area contributed by atoms with Gasteiger partial charge in [0.15, 0.2) is 0 Å². The van der Waals surface area contributed by atoms with E-state index in [0.29, 0.717) is 6.04 Å². The summed E-state index contributed by atoms with van der Waals surface area (Å²) in [5.74, 6) is 1.75. The molecule has 0 radical (unpaired) electrons. The maximum atomic E-state index is 3.87. The third-order valence-corrected chi connectivity index (χ3v) is 5.75. The van der Waals surface area contributed by atoms with Crippen molar-refractivity contribution in [2.75, 3.05) is 6.54 Å². The highest BCUT2D eigenvalue weighted by atomic mass is 32.1. The summed E-state index contributed by atoms with van der Waals surface area (Å²) in [5.41, 5.74) is 0. The molecule has 1 unspecified atom stereocenters. The van der Waals surface area contributed by atoms with Crippen LogP contribution in [0.2, 0.25) is 0 Å². The first-order valence-corrected chi connectivity index (χ1v) is 9.92. The topological polar surface area (TPSA) is 12.0 Å². The molecule has 1 fully saturated rings. The number of rotatable bonds is 10. The Kier molecular flexibility index (Phi) is 7.81. The van der Waals surface area contributed by atoms with Gasteiger partial charge in [0.25, 0.3) is 0 Å². The van der Waals surface area contributed by atoms with Crippen LogP contribution in [0.4, 0.5) is 0 Å². The Bertz CT molecular complexity index is 352. The Morgan fingerprint density at radius 3 is 2.57 bits per heavy atom. The van der Waals surface area contributed by atoms with Crippen LogP contribution in [0.5, 0.6) is 0 Å². The first-order chi connectivity index (χ1) is 10.3. The number of hydrogen-bond acceptors (Lipinski definition) is 2. The molecule has 0 aromatic carbocycles. The van der Waals surface area contributed by atoms with Gasteiger partial charge in [-0.05, 0) is 49.1 Å². The number of hydrogen-bond donors (Lipinski definition) is 1. The van der Waals surface area contributed by atoms with Crippen molar-refractivity contribution >= 4 is 11.3 Å². The highest BCUT2D eigenvalue weighted by Crippen LogP contribution is 2.37. The van der Waals surface area contributed by atoms with Gasteiger partial charge in [-0.15, -0.1) is 11.3 Å². The van der Waals surface area contributed by atoms with Crippen molar-refractivity contribution in [1.82, 2.24) is 5.32 Å². The van der Waals surface area contributed by atoms with Gasteiger partial charge in [0, 0.05) is 10.9 Å². The summed E-state index contributed by atoms with van der Waals surface area (Å²) in [7, 11) is 0. The largest absolute Gasteiger partial charge is 0.309 e. The zero-order valence-corrected chi connectivity index (χ0v) is 14.8. The lowest BCUT2D eigenvalue weighted by Gasteiger charge is -2.24. The molecule has 0 saturated heterocycles. The molecule has 0 aliphatic heterocycles. The first kappa shape index (κ1) is 17.0. The van der Waals surface area contributed by atoms with Crippen LogP contribution in [-0.2, 0) is 0 Å². The van der Waals surface area contributed by atoms with Gasteiger partial charge in [-0.3, -0.25) is 0 Å². The van der Waals surface area contributed by atoms with Crippen molar-refractivity contribution < 1.29 is 0 Å². The second kappa shape index (κ2) is 9.63. The lowest BCUT2D eigenvalue weighted by atomic mass is 9.96. The van der Waals surface area contributed by atoms with Crippen LogP contribution in [0.25, 0.3) is 0 Å². The molecule has 0 spiro atoms. The van der Waals surface area contributed by atoms with Crippen molar-refractivity contribution in [2.24, 2.45) is 11.8 Å². The third kappa shape index (κ3) is 6.12. The van der Waals surface area contributed by atoms with E-state index in [2.05, 4.69) is 36.7 Å². The third-order valence-electron chi connectivity index (χ3n) is 4.79. The lowest BCUT2D eigenvalue weighted by Crippen LogP contribution is -2.27. The van der Waals surface area contributed by atoms with Crippen LogP contribution in [0, 0.1) is 11.8 Å². The average molecular weight is 308 g/mol. The average Bonchev–Trinajstić information content (AvgIpc) is 3.14. The van der Waals surface area contributed by atoms with Crippen molar-refractivity contribution in [3.05, 3.63) is 22.4 Å². The highest BCUT2D eigenvalue weighted by molar-refractivity contribution is 7.10. The predicted octanol–water partition coefficient (Wildman–Crippen LogP) is 6.18. The van der Waals surface area contributed by atoms with Gasteiger partial charge in [0.05, 0.1) is 0 Å². The van der Waals surface area contributed by atoms with Gasteiger partial charge in [-0.1, -0.05) is 58.4 Å². The highest BCUT2D eigenvalue weighted by Gasteiger charge is 2.26. The van der Waals surface area contributed by atoms with E-state index in [-0.39, 0.29) is 0 Å². The van der Waals surface area contributed by atoms with E-state index in [0.717, 1.165) is 11.8 Å². The van der Waals surface area contributed by atoms with Gasteiger partial charge >= 0.3 is 0 Å². The first-order valence-electron chi connectivity index (χ1n) is 9.04. The fourth-order valence-corrected chi connectivity index (χ4v) is 4.44. The second-order valence-corrected chi connectivity index (χ2v) is 8.07. The Morgan fingerprint density at radius 1 is 1.14 bits per heavy atom. The van der Waals surface area contributed by atoms with E-state index < -0.39 is 0 Å². The molecule has 1 nitrogen and oxygen atoms in total. The molecule has 1 atom stereocenters. The molecule has 1 aliphatic rings. The molecule has 2 heteroatoms. The van der Waals surface area contributed by atoms with E-state index in [1.807, 2.05) is 11.3 Å². The van der Waals surface area contributed by atoms with Crippen LogP contribution < -0.4 is 5.32 Å². The minimum absolute atomic E-state index is 0.628. The smallest absolute Gasteiger partial charge is 0.0443 e. The molecule has 1 saturated carbocycles. The Hall–Kier alpha value is -0.340. The normalized spacial score (nSPS) is 17.7. The molecule has 2 rings (SSSR count). The van der Waals surface area contributed by atoms with Gasteiger partial charge in [0.1, 0.15) is 0 Å². The Morgan fingerprint density at radius 2 is 1.90 bits per heavy atom. The zero-order valence-electron chi connectivity index (χ0n) is 13.9. The van der Waals surface area contributed by atoms with Crippen molar-refractivity contribution in [2.45, 2.75) is 77.7 Å². The van der Waals surface area contributed by atoms with Crippen LogP contribution in [0.3, 0.4) is 0 Å². The van der Waals surface area contributed by atoms with E-state index in [9.17, 15) is 0 Å². The Balaban J connectivity index is 1.66. The van der Waals surface area contributed by atoms with Gasteiger partial charge in [-0.2, -0.15) is 0 Å². The fourth-order valence-electron chi connectivity index (χ4n) is 3.55. The summed E-state index contributed by atoms with van der Waals surface area (Å²) >= 11 is 1.93. The monoisotopic (exact) mass is 307 g/mol. The van der Waals surface area contributed by atoms with Crippen LogP contribution in [0.1, 0.15) is 82.6 Å². The van der Waals surface area contributed by atoms with Crippen LogP contribution >= 0.6 is 11.3 Å². The molecule has 1 heterocycles. The van der Waals surface area contributed by atoms with Crippen molar-refractivity contribution in [1.29, 1.82) is 0 Å². The van der Waals surface area contributed by atoms with E-state index in [4.69, 9.17) is 0 Å². The molecular formula is C19H33NS. The molecule has 1 N–H and O–H groups in total. The summed E-state index contributed by atoms with van der Waals surface area (Å²) in [6.07, 6.45) is 12.7. The zero-order chi connectivity index (χ0) is 14.9. The molecule has 1 aliphatic carbocycles. The molecule has 0 bridgehead atoms. The summed E-state index contributed by atoms with van der Waals surface area (Å²) in [5, 5.41) is 6.10. The van der Waals surface area contributed by atoms with Crippen molar-refractivity contribution in [3.63, 3.8) is 0 Å². The van der Waals surface area contributed by atoms with Crippen LogP contribution in [0.15, 0.2) is 17.5 Å². The van der Waals surface area contributed by atoms with E-state index in [1.165, 1.54) is 64.3 Å². The second-order valence-electron chi connectivity index (χ2n) is 7.09. The SMILES string of the molecule is CC(C)CCCCCCNC(c1cccs1)C1CCCC1. The molecule has 1 aromatic rings. The van der Waals surface area contributed by atoms with E-state index in [1.54, 1.807) is 4.88 Å². The number of thiophene rings is 1. The van der Waals surface area contributed by atoms with E-state index >= 15 is 0 Å². The minimum atomic E-state index is 0.628. The van der Waals surface area contributed by atoms with Gasteiger partial charge in [0.2, 0.25) is 0 Å². The maximum absolute atomic E-state index is 3.87. The molecule has 0 amide bonds. The molecule has 1 aromatic heterocycles. The maximum Gasteiger partial charge on any atom is 0.0443 e. The standard InChI is InChI=1S/C19H33NS/c1-16(2)10-5-3-4-8-14-20-19(17-11-6-7-12-17)18-13-9-15-21-18/h9,13,15-17,19-20H,3-8,10-12,14H2,1-2H3. The van der Waals surface area contributed by atoms with Crippen molar-refractivity contribution in [3.8, 4) is 0 Å². The molecular weight excluding hydrogens is 274 g/mol. The van der Waals surface area contributed by atoms with Crippen LogP contribution in [-0.4, -0.2) is 6.54 Å². The fraction of sp³-hybridized carbons (Fsp3) is 0.789. The summed E-state index contributed by atoms with van der Waals surface area (Å²) < 4.78 is 0. The number of unbranched alkanes of at least 4 members (excludes halogenated alkanes) is 3. The molecule has 120 valence electrons. The lowest BCUT2D eigenvalue weighted by molar-refractivity contribution is 0.367. The summed E-state index contributed by atoms with van der Waals surface area (Å²) in [4.78, 5) is 1.56. The quantitative estimate of drug-likeness (QED) is 0.509. The predicted molar refractivity (Wildman–Crippen MR) is 94.9 cm³/mol.